The minimum atomic E-state index is 0.521. The van der Waals surface area contributed by atoms with E-state index >= 15 is 0 Å². The van der Waals surface area contributed by atoms with Gasteiger partial charge in [0.05, 0.1) is 10.7 Å². The van der Waals surface area contributed by atoms with E-state index < -0.39 is 0 Å². The Morgan fingerprint density at radius 2 is 1.83 bits per heavy atom. The van der Waals surface area contributed by atoms with E-state index in [9.17, 15) is 0 Å². The van der Waals surface area contributed by atoms with Crippen LogP contribution in [0.25, 0.3) is 0 Å². The molecular formula is C15H21Cl2N. The van der Waals surface area contributed by atoms with E-state index in [1.807, 2.05) is 12.1 Å². The van der Waals surface area contributed by atoms with Crippen molar-refractivity contribution in [1.82, 2.24) is 0 Å². The van der Waals surface area contributed by atoms with Gasteiger partial charge in [0.1, 0.15) is 0 Å². The van der Waals surface area contributed by atoms with Crippen molar-refractivity contribution in [2.24, 2.45) is 0 Å². The molecule has 0 N–H and O–H groups in total. The number of alkyl halides is 1. The van der Waals surface area contributed by atoms with Crippen molar-refractivity contribution in [2.75, 3.05) is 11.9 Å². The van der Waals surface area contributed by atoms with Gasteiger partial charge in [-0.05, 0) is 24.5 Å². The van der Waals surface area contributed by atoms with E-state index in [4.69, 9.17) is 23.2 Å². The van der Waals surface area contributed by atoms with Crippen molar-refractivity contribution >= 4 is 28.9 Å². The summed E-state index contributed by atoms with van der Waals surface area (Å²) in [6, 6.07) is 6.61. The van der Waals surface area contributed by atoms with Crippen LogP contribution in [0.2, 0.25) is 5.02 Å². The van der Waals surface area contributed by atoms with Crippen LogP contribution in [0.15, 0.2) is 18.2 Å². The van der Waals surface area contributed by atoms with E-state index in [1.165, 1.54) is 38.5 Å². The maximum absolute atomic E-state index is 6.36. The standard InChI is InChI=1S/C15H21Cl2N/c1-18(13-8-4-2-3-5-9-13)15-12(11-16)7-6-10-14(15)17/h6-7,10,13H,2-5,8-9,11H2,1H3. The van der Waals surface area contributed by atoms with Gasteiger partial charge in [-0.1, -0.05) is 49.4 Å². The quantitative estimate of drug-likeness (QED) is 0.542. The molecule has 0 saturated heterocycles. The van der Waals surface area contributed by atoms with Crippen molar-refractivity contribution in [2.45, 2.75) is 50.4 Å². The van der Waals surface area contributed by atoms with Gasteiger partial charge in [-0.25, -0.2) is 0 Å². The summed E-state index contributed by atoms with van der Waals surface area (Å²) in [6.07, 6.45) is 7.93. The lowest BCUT2D eigenvalue weighted by Crippen LogP contribution is -2.32. The Bertz CT molecular complexity index is 384. The second kappa shape index (κ2) is 6.68. The fourth-order valence-electron chi connectivity index (χ4n) is 2.89. The molecule has 18 heavy (non-hydrogen) atoms. The summed E-state index contributed by atoms with van der Waals surface area (Å²) in [5.74, 6) is 0.521. The van der Waals surface area contributed by atoms with Crippen molar-refractivity contribution in [3.63, 3.8) is 0 Å². The molecule has 1 fully saturated rings. The number of halogens is 2. The van der Waals surface area contributed by atoms with Crippen LogP contribution in [0.1, 0.15) is 44.1 Å². The molecule has 0 aliphatic heterocycles. The van der Waals surface area contributed by atoms with Crippen LogP contribution < -0.4 is 4.90 Å². The highest BCUT2D eigenvalue weighted by Crippen LogP contribution is 2.34. The van der Waals surface area contributed by atoms with Crippen LogP contribution in [-0.2, 0) is 5.88 Å². The van der Waals surface area contributed by atoms with Gasteiger partial charge in [0.15, 0.2) is 0 Å². The number of anilines is 1. The minimum Gasteiger partial charge on any atom is -0.370 e. The van der Waals surface area contributed by atoms with Crippen molar-refractivity contribution in [1.29, 1.82) is 0 Å². The van der Waals surface area contributed by atoms with Crippen LogP contribution in [0.4, 0.5) is 5.69 Å². The Balaban J connectivity index is 2.23. The molecule has 1 saturated carbocycles. The molecular weight excluding hydrogens is 265 g/mol. The van der Waals surface area contributed by atoms with Gasteiger partial charge in [0.25, 0.3) is 0 Å². The SMILES string of the molecule is CN(c1c(Cl)cccc1CCl)C1CCCCCC1. The maximum Gasteiger partial charge on any atom is 0.0642 e. The molecule has 3 heteroatoms. The molecule has 0 amide bonds. The number of hydrogen-bond donors (Lipinski definition) is 0. The first-order valence-corrected chi connectivity index (χ1v) is 7.71. The molecule has 1 aliphatic carbocycles. The molecule has 1 aromatic carbocycles. The second-order valence-electron chi connectivity index (χ2n) is 5.14. The highest BCUT2D eigenvalue weighted by Gasteiger charge is 2.20. The number of rotatable bonds is 3. The predicted molar refractivity (Wildman–Crippen MR) is 80.9 cm³/mol. The van der Waals surface area contributed by atoms with E-state index in [0.29, 0.717) is 11.9 Å². The van der Waals surface area contributed by atoms with Gasteiger partial charge in [-0.3, -0.25) is 0 Å². The molecule has 0 heterocycles. The summed E-state index contributed by atoms with van der Waals surface area (Å²) < 4.78 is 0. The van der Waals surface area contributed by atoms with Crippen LogP contribution in [0, 0.1) is 0 Å². The number of benzene rings is 1. The van der Waals surface area contributed by atoms with Gasteiger partial charge >= 0.3 is 0 Å². The number of para-hydroxylation sites is 1. The summed E-state index contributed by atoms with van der Waals surface area (Å²) in [4.78, 5) is 2.35. The molecule has 100 valence electrons. The first-order valence-electron chi connectivity index (χ1n) is 6.80. The van der Waals surface area contributed by atoms with Crippen LogP contribution in [0.5, 0.6) is 0 Å². The van der Waals surface area contributed by atoms with Gasteiger partial charge in [0.2, 0.25) is 0 Å². The van der Waals surface area contributed by atoms with E-state index in [-0.39, 0.29) is 0 Å². The third-order valence-electron chi connectivity index (χ3n) is 3.94. The molecule has 1 aliphatic rings. The van der Waals surface area contributed by atoms with Gasteiger partial charge < -0.3 is 4.90 Å². The fourth-order valence-corrected chi connectivity index (χ4v) is 3.43. The normalized spacial score (nSPS) is 17.5. The summed E-state index contributed by atoms with van der Waals surface area (Å²) >= 11 is 12.4. The zero-order valence-corrected chi connectivity index (χ0v) is 12.5. The van der Waals surface area contributed by atoms with Crippen LogP contribution in [-0.4, -0.2) is 13.1 Å². The van der Waals surface area contributed by atoms with Crippen molar-refractivity contribution < 1.29 is 0 Å². The summed E-state index contributed by atoms with van der Waals surface area (Å²) in [5.41, 5.74) is 2.26. The lowest BCUT2D eigenvalue weighted by Gasteiger charge is -2.31. The molecule has 0 unspecified atom stereocenters. The molecule has 0 bridgehead atoms. The minimum absolute atomic E-state index is 0.521. The molecule has 1 nitrogen and oxygen atoms in total. The van der Waals surface area contributed by atoms with E-state index in [1.54, 1.807) is 0 Å². The van der Waals surface area contributed by atoms with E-state index in [2.05, 4.69) is 18.0 Å². The highest BCUT2D eigenvalue weighted by atomic mass is 35.5. The largest absolute Gasteiger partial charge is 0.370 e. The molecule has 1 aromatic rings. The Morgan fingerprint density at radius 3 is 2.44 bits per heavy atom. The summed E-state index contributed by atoms with van der Waals surface area (Å²) in [5, 5.41) is 0.819. The Labute approximate surface area is 120 Å². The van der Waals surface area contributed by atoms with Crippen molar-refractivity contribution in [3.05, 3.63) is 28.8 Å². The average molecular weight is 286 g/mol. The lowest BCUT2D eigenvalue weighted by atomic mass is 10.1. The Hall–Kier alpha value is -0.400. The average Bonchev–Trinajstić information content (AvgIpc) is 2.66. The topological polar surface area (TPSA) is 3.24 Å². The molecule has 0 radical (unpaired) electrons. The van der Waals surface area contributed by atoms with E-state index in [0.717, 1.165) is 16.3 Å². The first kappa shape index (κ1) is 14.0. The first-order chi connectivity index (χ1) is 8.74. The monoisotopic (exact) mass is 285 g/mol. The highest BCUT2D eigenvalue weighted by molar-refractivity contribution is 6.33. The second-order valence-corrected chi connectivity index (χ2v) is 5.81. The van der Waals surface area contributed by atoms with Gasteiger partial charge in [-0.2, -0.15) is 0 Å². The maximum atomic E-state index is 6.36. The summed E-state index contributed by atoms with van der Waals surface area (Å²) in [7, 11) is 2.16. The lowest BCUT2D eigenvalue weighted by molar-refractivity contribution is 0.552. The smallest absolute Gasteiger partial charge is 0.0642 e. The zero-order valence-electron chi connectivity index (χ0n) is 11.0. The molecule has 0 aromatic heterocycles. The van der Waals surface area contributed by atoms with Gasteiger partial charge in [0, 0.05) is 19.0 Å². The summed E-state index contributed by atoms with van der Waals surface area (Å²) in [6.45, 7) is 0. The Morgan fingerprint density at radius 1 is 1.17 bits per heavy atom. The third kappa shape index (κ3) is 3.13. The third-order valence-corrected chi connectivity index (χ3v) is 4.53. The number of nitrogens with zero attached hydrogens (tertiary/aromatic N) is 1. The Kier molecular flexibility index (Phi) is 5.20. The number of hydrogen-bond acceptors (Lipinski definition) is 1. The van der Waals surface area contributed by atoms with Crippen LogP contribution >= 0.6 is 23.2 Å². The van der Waals surface area contributed by atoms with Gasteiger partial charge in [-0.15, -0.1) is 11.6 Å². The van der Waals surface area contributed by atoms with Crippen molar-refractivity contribution in [3.8, 4) is 0 Å². The molecule has 2 rings (SSSR count). The molecule has 0 atom stereocenters. The molecule has 0 spiro atoms. The fraction of sp³-hybridized carbons (Fsp3) is 0.600. The van der Waals surface area contributed by atoms with Crippen LogP contribution in [0.3, 0.4) is 0 Å². The predicted octanol–water partition coefficient (Wildman–Crippen LogP) is 5.24. The zero-order chi connectivity index (χ0) is 13.0.